The second kappa shape index (κ2) is 10.8. The number of carboxylic acid groups (broad SMARTS) is 1. The Morgan fingerprint density at radius 2 is 2.04 bits per heavy atom. The molecule has 0 aromatic carbocycles. The van der Waals surface area contributed by atoms with Crippen LogP contribution in [-0.2, 0) is 14.4 Å². The molecule has 0 radical (unpaired) electrons. The van der Waals surface area contributed by atoms with Crippen molar-refractivity contribution in [3.8, 4) is 11.8 Å². The number of allylic oxidation sites excluding steroid dienone is 2. The number of ketones is 2. The Kier molecular flexibility index (Phi) is 8.97. The number of carboxylic acids is 1. The highest BCUT2D eigenvalue weighted by molar-refractivity contribution is 5.90. The zero-order valence-electron chi connectivity index (χ0n) is 13.8. The lowest BCUT2D eigenvalue weighted by atomic mass is 9.91. The van der Waals surface area contributed by atoms with Gasteiger partial charge < -0.3 is 5.11 Å². The topological polar surface area (TPSA) is 71.4 Å². The number of unbranched alkanes of at least 4 members (excludes halogenated alkanes) is 2. The minimum atomic E-state index is -0.810. The molecule has 0 saturated heterocycles. The molecule has 4 nitrogen and oxygen atoms in total. The van der Waals surface area contributed by atoms with Crippen molar-refractivity contribution in [1.29, 1.82) is 0 Å². The fourth-order valence-corrected chi connectivity index (χ4v) is 2.69. The second-order valence-corrected chi connectivity index (χ2v) is 6.01. The largest absolute Gasteiger partial charge is 0.481 e. The molecule has 23 heavy (non-hydrogen) atoms. The molecule has 1 N–H and O–H groups in total. The Morgan fingerprint density at radius 1 is 1.26 bits per heavy atom. The van der Waals surface area contributed by atoms with E-state index in [0.29, 0.717) is 32.1 Å². The second-order valence-electron chi connectivity index (χ2n) is 6.01. The number of hydrogen-bond donors (Lipinski definition) is 1. The Balaban J connectivity index is 2.43. The summed E-state index contributed by atoms with van der Waals surface area (Å²) in [6, 6.07) is 0. The van der Waals surface area contributed by atoms with Crippen LogP contribution in [0.5, 0.6) is 0 Å². The van der Waals surface area contributed by atoms with Crippen LogP contribution in [0.2, 0.25) is 0 Å². The normalized spacial score (nSPS) is 20.5. The zero-order chi connectivity index (χ0) is 17.1. The van der Waals surface area contributed by atoms with Gasteiger partial charge >= 0.3 is 5.97 Å². The lowest BCUT2D eigenvalue weighted by Crippen LogP contribution is -2.12. The van der Waals surface area contributed by atoms with Crippen molar-refractivity contribution in [2.75, 3.05) is 0 Å². The molecule has 0 bridgehead atoms. The molecule has 0 amide bonds. The maximum Gasteiger partial charge on any atom is 0.303 e. The minimum Gasteiger partial charge on any atom is -0.481 e. The van der Waals surface area contributed by atoms with Crippen molar-refractivity contribution < 1.29 is 19.5 Å². The van der Waals surface area contributed by atoms with E-state index in [1.54, 1.807) is 6.08 Å². The standard InChI is InChI=1S/C19H26O4/c1-2-3-8-16(20)13-11-15-12-14-18(21)17(15)9-6-4-5-7-10-19(22)23/h11,13,15,17H,2-3,5,7-10,12,14H2,1H3,(H,22,23). The van der Waals surface area contributed by atoms with Crippen LogP contribution in [-0.4, -0.2) is 22.6 Å². The Hall–Kier alpha value is -1.89. The predicted molar refractivity (Wildman–Crippen MR) is 88.8 cm³/mol. The van der Waals surface area contributed by atoms with Crippen molar-refractivity contribution in [2.24, 2.45) is 11.8 Å². The average Bonchev–Trinajstić information content (AvgIpc) is 2.86. The van der Waals surface area contributed by atoms with Crippen molar-refractivity contribution in [1.82, 2.24) is 0 Å². The number of carbonyl (C=O) groups excluding carboxylic acids is 2. The molecule has 126 valence electrons. The third-order valence-corrected chi connectivity index (χ3v) is 4.10. The summed E-state index contributed by atoms with van der Waals surface area (Å²) < 4.78 is 0. The van der Waals surface area contributed by atoms with Crippen molar-refractivity contribution in [3.05, 3.63) is 12.2 Å². The third kappa shape index (κ3) is 7.78. The van der Waals surface area contributed by atoms with E-state index in [1.165, 1.54) is 0 Å². The number of carbonyl (C=O) groups is 3. The fraction of sp³-hybridized carbons (Fsp3) is 0.632. The van der Waals surface area contributed by atoms with Gasteiger partial charge in [-0.1, -0.05) is 19.4 Å². The fourth-order valence-electron chi connectivity index (χ4n) is 2.69. The van der Waals surface area contributed by atoms with Crippen molar-refractivity contribution >= 4 is 17.5 Å². The molecular weight excluding hydrogens is 292 g/mol. The Bertz CT molecular complexity index is 507. The summed E-state index contributed by atoms with van der Waals surface area (Å²) >= 11 is 0. The van der Waals surface area contributed by atoms with E-state index in [9.17, 15) is 14.4 Å². The van der Waals surface area contributed by atoms with Crippen LogP contribution >= 0.6 is 0 Å². The van der Waals surface area contributed by atoms with Gasteiger partial charge in [0.1, 0.15) is 5.78 Å². The maximum absolute atomic E-state index is 11.9. The molecule has 1 aliphatic carbocycles. The summed E-state index contributed by atoms with van der Waals surface area (Å²) in [5.74, 6) is 5.49. The van der Waals surface area contributed by atoms with Gasteiger partial charge in [-0.05, 0) is 31.3 Å². The molecule has 2 unspecified atom stereocenters. The van der Waals surface area contributed by atoms with Gasteiger partial charge in [-0.2, -0.15) is 0 Å². The summed E-state index contributed by atoms with van der Waals surface area (Å²) in [5, 5.41) is 8.54. The highest BCUT2D eigenvalue weighted by Gasteiger charge is 2.32. The number of rotatable bonds is 9. The van der Waals surface area contributed by atoms with Crippen LogP contribution in [0.15, 0.2) is 12.2 Å². The summed E-state index contributed by atoms with van der Waals surface area (Å²) in [4.78, 5) is 34.0. The van der Waals surface area contributed by atoms with Gasteiger partial charge in [0.15, 0.2) is 5.78 Å². The maximum atomic E-state index is 11.9. The van der Waals surface area contributed by atoms with E-state index in [1.807, 2.05) is 6.08 Å². The SMILES string of the molecule is CCCCC(=O)C=CC1CCC(=O)C1CC#CCCCC(=O)O. The van der Waals surface area contributed by atoms with Crippen LogP contribution in [0, 0.1) is 23.7 Å². The molecule has 4 heteroatoms. The van der Waals surface area contributed by atoms with E-state index in [0.717, 1.165) is 19.3 Å². The Labute approximate surface area is 138 Å². The summed E-state index contributed by atoms with van der Waals surface area (Å²) in [5.41, 5.74) is 0. The van der Waals surface area contributed by atoms with Crippen LogP contribution in [0.1, 0.15) is 64.7 Å². The zero-order valence-corrected chi connectivity index (χ0v) is 13.8. The highest BCUT2D eigenvalue weighted by atomic mass is 16.4. The molecular formula is C19H26O4. The first-order chi connectivity index (χ1) is 11.0. The molecule has 0 aliphatic heterocycles. The lowest BCUT2D eigenvalue weighted by molar-refractivity contribution is -0.137. The van der Waals surface area contributed by atoms with E-state index >= 15 is 0 Å². The van der Waals surface area contributed by atoms with Gasteiger partial charge in [-0.25, -0.2) is 0 Å². The molecule has 1 aliphatic rings. The number of aliphatic carboxylic acids is 1. The van der Waals surface area contributed by atoms with Gasteiger partial charge in [0, 0.05) is 38.0 Å². The molecule has 1 fully saturated rings. The first-order valence-electron chi connectivity index (χ1n) is 8.45. The summed E-state index contributed by atoms with van der Waals surface area (Å²) in [6.45, 7) is 2.05. The summed E-state index contributed by atoms with van der Waals surface area (Å²) in [7, 11) is 0. The number of hydrogen-bond acceptors (Lipinski definition) is 3. The molecule has 0 spiro atoms. The van der Waals surface area contributed by atoms with Gasteiger partial charge in [-0.3, -0.25) is 14.4 Å². The van der Waals surface area contributed by atoms with E-state index in [2.05, 4.69) is 18.8 Å². The van der Waals surface area contributed by atoms with E-state index in [-0.39, 0.29) is 29.8 Å². The van der Waals surface area contributed by atoms with Crippen LogP contribution in [0.3, 0.4) is 0 Å². The molecule has 0 heterocycles. The molecule has 0 aromatic rings. The quantitative estimate of drug-likeness (QED) is 0.401. The smallest absolute Gasteiger partial charge is 0.303 e. The van der Waals surface area contributed by atoms with Gasteiger partial charge in [0.05, 0.1) is 0 Å². The first kappa shape index (κ1) is 19.2. The number of Topliss-reactive ketones (excluding diaryl/α,β-unsaturated/α-hetero) is 1. The van der Waals surface area contributed by atoms with Gasteiger partial charge in [0.25, 0.3) is 0 Å². The minimum absolute atomic E-state index is 0.112. The first-order valence-corrected chi connectivity index (χ1v) is 8.45. The highest BCUT2D eigenvalue weighted by Crippen LogP contribution is 2.32. The van der Waals surface area contributed by atoms with Crippen molar-refractivity contribution in [3.63, 3.8) is 0 Å². The van der Waals surface area contributed by atoms with Gasteiger partial charge in [0.2, 0.25) is 0 Å². The van der Waals surface area contributed by atoms with E-state index in [4.69, 9.17) is 5.11 Å². The Morgan fingerprint density at radius 3 is 2.74 bits per heavy atom. The van der Waals surface area contributed by atoms with Crippen LogP contribution in [0.25, 0.3) is 0 Å². The van der Waals surface area contributed by atoms with Gasteiger partial charge in [-0.15, -0.1) is 11.8 Å². The summed E-state index contributed by atoms with van der Waals surface area (Å²) in [6.07, 6.45) is 9.06. The van der Waals surface area contributed by atoms with Crippen LogP contribution < -0.4 is 0 Å². The molecule has 0 aromatic heterocycles. The van der Waals surface area contributed by atoms with Crippen molar-refractivity contribution in [2.45, 2.75) is 64.7 Å². The third-order valence-electron chi connectivity index (χ3n) is 4.10. The predicted octanol–water partition coefficient (Wildman–Crippen LogP) is 3.55. The van der Waals surface area contributed by atoms with E-state index < -0.39 is 5.97 Å². The average molecular weight is 318 g/mol. The molecule has 1 saturated carbocycles. The monoisotopic (exact) mass is 318 g/mol. The lowest BCUT2D eigenvalue weighted by Gasteiger charge is -2.11. The molecule has 2 atom stereocenters. The molecule has 1 rings (SSSR count). The van der Waals surface area contributed by atoms with Crippen LogP contribution in [0.4, 0.5) is 0 Å².